The van der Waals surface area contributed by atoms with E-state index in [9.17, 15) is 18.4 Å². The van der Waals surface area contributed by atoms with Gasteiger partial charge in [-0.15, -0.1) is 0 Å². The summed E-state index contributed by atoms with van der Waals surface area (Å²) < 4.78 is 28.4. The average Bonchev–Trinajstić information content (AvgIpc) is 3.21. The van der Waals surface area contributed by atoms with E-state index in [0.29, 0.717) is 25.6 Å². The van der Waals surface area contributed by atoms with Gasteiger partial charge in [0.25, 0.3) is 5.35 Å². The first-order valence-corrected chi connectivity index (χ1v) is 11.3. The summed E-state index contributed by atoms with van der Waals surface area (Å²) in [7, 11) is 0. The Morgan fingerprint density at radius 2 is 1.85 bits per heavy atom. The fourth-order valence-corrected chi connectivity index (χ4v) is 4.85. The number of nitrogens with one attached hydrogen (secondary N) is 1. The van der Waals surface area contributed by atoms with Crippen molar-refractivity contribution in [3.8, 4) is 0 Å². The van der Waals surface area contributed by atoms with E-state index in [1.807, 2.05) is 6.20 Å². The van der Waals surface area contributed by atoms with Crippen molar-refractivity contribution in [2.45, 2.75) is 32.2 Å². The number of fused-ring (bicyclic) bond motifs is 1. The number of hydrogen-bond acceptors (Lipinski definition) is 4. The third-order valence-electron chi connectivity index (χ3n) is 6.67. The lowest BCUT2D eigenvalue weighted by atomic mass is 9.90. The minimum atomic E-state index is -0.812. The van der Waals surface area contributed by atoms with Gasteiger partial charge in [0.2, 0.25) is 12.1 Å². The highest BCUT2D eigenvalue weighted by atomic mass is 19.2. The number of piperidine rings is 1. The maximum Gasteiger partial charge on any atom is 0.328 e. The number of pyridine rings is 1. The van der Waals surface area contributed by atoms with Crippen LogP contribution >= 0.6 is 0 Å². The van der Waals surface area contributed by atoms with Crippen molar-refractivity contribution in [3.63, 3.8) is 0 Å². The van der Waals surface area contributed by atoms with Crippen LogP contribution in [0.3, 0.4) is 0 Å². The van der Waals surface area contributed by atoms with Gasteiger partial charge in [0.15, 0.2) is 11.6 Å². The van der Waals surface area contributed by atoms with E-state index in [0.717, 1.165) is 49.0 Å². The van der Waals surface area contributed by atoms with Crippen LogP contribution in [-0.2, 0) is 17.8 Å². The predicted molar refractivity (Wildman–Crippen MR) is 115 cm³/mol. The second-order valence-electron chi connectivity index (χ2n) is 8.94. The highest BCUT2D eigenvalue weighted by Crippen LogP contribution is 2.23. The second kappa shape index (κ2) is 8.97. The van der Waals surface area contributed by atoms with Crippen LogP contribution in [0.4, 0.5) is 13.6 Å². The van der Waals surface area contributed by atoms with Gasteiger partial charge in [-0.2, -0.15) is 0 Å². The van der Waals surface area contributed by atoms with E-state index >= 15 is 0 Å². The molecule has 1 aromatic carbocycles. The van der Waals surface area contributed by atoms with Crippen LogP contribution in [0.25, 0.3) is 5.70 Å². The third kappa shape index (κ3) is 4.64. The van der Waals surface area contributed by atoms with Crippen LogP contribution in [0.5, 0.6) is 0 Å². The van der Waals surface area contributed by atoms with Crippen LogP contribution in [0.15, 0.2) is 41.6 Å². The SMILES string of the molecule is O=C1CCN(C2=c3cc(CC4CCN(Cc5ccc(F)c(F)c5)CC4)cc[n+]3=NC2)C(=O)N1. The average molecular weight is 455 g/mol. The van der Waals surface area contributed by atoms with Gasteiger partial charge < -0.3 is 0 Å². The smallest absolute Gasteiger partial charge is 0.299 e. The molecule has 0 spiro atoms. The van der Waals surface area contributed by atoms with Gasteiger partial charge in [0.1, 0.15) is 12.2 Å². The normalized spacial score (nSPS) is 19.5. The molecule has 3 aliphatic heterocycles. The topological polar surface area (TPSA) is 70.9 Å². The summed E-state index contributed by atoms with van der Waals surface area (Å²) >= 11 is 0. The summed E-state index contributed by atoms with van der Waals surface area (Å²) in [5.74, 6) is -1.32. The van der Waals surface area contributed by atoms with Crippen LogP contribution in [0, 0.1) is 17.6 Å². The van der Waals surface area contributed by atoms with Crippen molar-refractivity contribution in [2.24, 2.45) is 11.0 Å². The number of imide groups is 1. The monoisotopic (exact) mass is 454 g/mol. The number of carbonyl (C=O) groups is 2. The Balaban J connectivity index is 1.23. The fourth-order valence-electron chi connectivity index (χ4n) is 4.85. The number of rotatable bonds is 5. The molecule has 1 aromatic heterocycles. The van der Waals surface area contributed by atoms with Gasteiger partial charge in [0.05, 0.1) is 0 Å². The van der Waals surface area contributed by atoms with Gasteiger partial charge >= 0.3 is 6.03 Å². The van der Waals surface area contributed by atoms with Crippen LogP contribution in [0.1, 0.15) is 30.4 Å². The summed E-state index contributed by atoms with van der Waals surface area (Å²) in [6.07, 6.45) is 5.22. The maximum atomic E-state index is 13.5. The zero-order chi connectivity index (χ0) is 22.9. The quantitative estimate of drug-likeness (QED) is 0.701. The zero-order valence-electron chi connectivity index (χ0n) is 18.3. The molecule has 2 aromatic rings. The van der Waals surface area contributed by atoms with Gasteiger partial charge in [-0.3, -0.25) is 19.9 Å². The van der Waals surface area contributed by atoms with E-state index in [4.69, 9.17) is 0 Å². The molecule has 7 nitrogen and oxygen atoms in total. The molecule has 3 amide bonds. The molecule has 0 unspecified atom stereocenters. The van der Waals surface area contributed by atoms with E-state index < -0.39 is 11.6 Å². The van der Waals surface area contributed by atoms with Crippen molar-refractivity contribution in [1.82, 2.24) is 15.1 Å². The molecule has 0 saturated carbocycles. The highest BCUT2D eigenvalue weighted by Gasteiger charge is 2.31. The number of nitrogens with zero attached hydrogens (tertiary/aromatic N) is 4. The Morgan fingerprint density at radius 3 is 2.61 bits per heavy atom. The molecule has 4 heterocycles. The molecule has 1 N–H and O–H groups in total. The zero-order valence-corrected chi connectivity index (χ0v) is 18.3. The largest absolute Gasteiger partial charge is 0.328 e. The van der Waals surface area contributed by atoms with E-state index in [2.05, 4.69) is 27.5 Å². The Bertz CT molecular complexity index is 1220. The summed E-state index contributed by atoms with van der Waals surface area (Å²) in [4.78, 5) is 27.7. The number of carbonyl (C=O) groups excluding carboxylic acids is 2. The lowest BCUT2D eigenvalue weighted by molar-refractivity contribution is -0.557. The molecule has 0 aliphatic carbocycles. The van der Waals surface area contributed by atoms with Gasteiger partial charge in [-0.1, -0.05) is 10.4 Å². The first kappa shape index (κ1) is 21.6. The molecular weight excluding hydrogens is 428 g/mol. The van der Waals surface area contributed by atoms with Crippen molar-refractivity contribution in [3.05, 3.63) is 64.6 Å². The second-order valence-corrected chi connectivity index (χ2v) is 8.94. The summed E-state index contributed by atoms with van der Waals surface area (Å²) in [6, 6.07) is 7.90. The number of benzene rings is 1. The Kier molecular flexibility index (Phi) is 5.88. The van der Waals surface area contributed by atoms with Crippen LogP contribution in [0.2, 0.25) is 0 Å². The van der Waals surface area contributed by atoms with Gasteiger partial charge in [0, 0.05) is 31.6 Å². The molecule has 172 valence electrons. The highest BCUT2D eigenvalue weighted by molar-refractivity contribution is 5.99. The minimum Gasteiger partial charge on any atom is -0.299 e. The van der Waals surface area contributed by atoms with E-state index in [1.54, 1.807) is 15.3 Å². The molecule has 0 bridgehead atoms. The number of likely N-dealkylation sites (tertiary alicyclic amines) is 1. The molecular formula is C24H26F2N5O2+. The molecule has 2 saturated heterocycles. The van der Waals surface area contributed by atoms with Crippen molar-refractivity contribution >= 4 is 17.6 Å². The number of halogens is 2. The number of urea groups is 1. The molecule has 0 radical (unpaired) electrons. The van der Waals surface area contributed by atoms with Crippen LogP contribution in [-0.4, -0.2) is 47.9 Å². The van der Waals surface area contributed by atoms with E-state index in [1.165, 1.54) is 17.7 Å². The molecule has 9 heteroatoms. The molecule has 2 fully saturated rings. The fraction of sp³-hybridized carbons (Fsp3) is 0.417. The molecule has 33 heavy (non-hydrogen) atoms. The summed E-state index contributed by atoms with van der Waals surface area (Å²) in [5, 5.41) is 7.75. The Labute approximate surface area is 190 Å². The number of aromatic nitrogens is 1. The molecule has 3 aliphatic rings. The van der Waals surface area contributed by atoms with Gasteiger partial charge in [-0.05, 0) is 66.6 Å². The van der Waals surface area contributed by atoms with Crippen molar-refractivity contribution in [1.29, 1.82) is 0 Å². The standard InChI is InChI=1S/C24H25F2N5O2/c25-19-2-1-18(12-20(19)26)15-29-7-3-16(4-8-29)11-17-5-10-31-21(13-17)22(14-27-31)30-9-6-23(32)28-24(30)33/h1-2,5,10,12-13,16H,3-4,6-9,11,14-15H2/p+1. The maximum absolute atomic E-state index is 13.5. The van der Waals surface area contributed by atoms with Crippen molar-refractivity contribution in [2.75, 3.05) is 26.2 Å². The molecule has 0 atom stereocenters. The Hall–Kier alpha value is -3.20. The van der Waals surface area contributed by atoms with Gasteiger partial charge in [-0.25, -0.2) is 13.6 Å². The Morgan fingerprint density at radius 1 is 1.03 bits per heavy atom. The summed E-state index contributed by atoms with van der Waals surface area (Å²) in [6.45, 7) is 3.24. The first-order valence-electron chi connectivity index (χ1n) is 11.3. The number of hydrogen-bond donors (Lipinski definition) is 1. The lowest BCUT2D eigenvalue weighted by Gasteiger charge is -2.32. The first-order chi connectivity index (χ1) is 16.0. The molecule has 5 rings (SSSR count). The third-order valence-corrected chi connectivity index (χ3v) is 6.67. The van der Waals surface area contributed by atoms with Crippen LogP contribution < -0.4 is 15.0 Å². The predicted octanol–water partition coefficient (Wildman–Crippen LogP) is 1.80. The minimum absolute atomic E-state index is 0.246. The summed E-state index contributed by atoms with van der Waals surface area (Å²) in [5.41, 5.74) is 2.81. The number of amides is 3. The lowest BCUT2D eigenvalue weighted by Crippen LogP contribution is -2.50. The van der Waals surface area contributed by atoms with E-state index in [-0.39, 0.29) is 18.4 Å². The van der Waals surface area contributed by atoms with Crippen molar-refractivity contribution < 1.29 is 22.7 Å².